The maximum Gasteiger partial charge on any atom is 0.256 e. The lowest BCUT2D eigenvalue weighted by molar-refractivity contribution is 0.0581. The van der Waals surface area contributed by atoms with Crippen molar-refractivity contribution in [2.45, 2.75) is 38.7 Å². The topological polar surface area (TPSA) is 71.2 Å². The SMILES string of the molecule is Cc1cc(=O)c(C(=O)NCCOC2CCCC2)c[nH]1. The molecule has 1 heterocycles. The van der Waals surface area contributed by atoms with Crippen LogP contribution in [-0.2, 0) is 4.74 Å². The molecule has 0 bridgehead atoms. The Kier molecular flexibility index (Phi) is 4.74. The van der Waals surface area contributed by atoms with E-state index in [0.29, 0.717) is 19.3 Å². The van der Waals surface area contributed by atoms with Crippen LogP contribution in [0.5, 0.6) is 0 Å². The van der Waals surface area contributed by atoms with Gasteiger partial charge in [-0.2, -0.15) is 0 Å². The number of ether oxygens (including phenoxy) is 1. The van der Waals surface area contributed by atoms with E-state index < -0.39 is 0 Å². The van der Waals surface area contributed by atoms with Crippen molar-refractivity contribution in [1.29, 1.82) is 0 Å². The molecule has 0 atom stereocenters. The van der Waals surface area contributed by atoms with Crippen LogP contribution in [-0.4, -0.2) is 30.1 Å². The summed E-state index contributed by atoms with van der Waals surface area (Å²) in [5.74, 6) is -0.351. The van der Waals surface area contributed by atoms with Crippen molar-refractivity contribution in [2.75, 3.05) is 13.2 Å². The average molecular weight is 264 g/mol. The number of aromatic nitrogens is 1. The number of H-pyrrole nitrogens is 1. The van der Waals surface area contributed by atoms with E-state index in [9.17, 15) is 9.59 Å². The first kappa shape index (κ1) is 13.8. The van der Waals surface area contributed by atoms with E-state index in [-0.39, 0.29) is 16.9 Å². The lowest BCUT2D eigenvalue weighted by atomic mass is 10.2. The van der Waals surface area contributed by atoms with E-state index in [0.717, 1.165) is 18.5 Å². The molecule has 1 saturated carbocycles. The number of hydrogen-bond acceptors (Lipinski definition) is 3. The number of nitrogens with one attached hydrogen (secondary N) is 2. The Bertz CT molecular complexity index is 490. The molecular weight excluding hydrogens is 244 g/mol. The molecule has 1 amide bonds. The average Bonchev–Trinajstić information content (AvgIpc) is 2.87. The number of aromatic amines is 1. The van der Waals surface area contributed by atoms with E-state index in [1.54, 1.807) is 6.92 Å². The van der Waals surface area contributed by atoms with E-state index in [1.807, 2.05) is 0 Å². The summed E-state index contributed by atoms with van der Waals surface area (Å²) in [4.78, 5) is 26.3. The first-order valence-electron chi connectivity index (χ1n) is 6.76. The summed E-state index contributed by atoms with van der Waals surface area (Å²) in [5.41, 5.74) is 0.628. The molecule has 0 spiro atoms. The Morgan fingerprint density at radius 3 is 2.89 bits per heavy atom. The highest BCUT2D eigenvalue weighted by atomic mass is 16.5. The second kappa shape index (κ2) is 6.52. The van der Waals surface area contributed by atoms with Gasteiger partial charge in [0.2, 0.25) is 0 Å². The molecule has 0 aromatic carbocycles. The number of aryl methyl sites for hydroxylation is 1. The minimum Gasteiger partial charge on any atom is -0.376 e. The fraction of sp³-hybridized carbons (Fsp3) is 0.571. The summed E-state index contributed by atoms with van der Waals surface area (Å²) in [6.45, 7) is 2.71. The first-order chi connectivity index (χ1) is 9.16. The van der Waals surface area contributed by atoms with Gasteiger partial charge in [0, 0.05) is 24.5 Å². The van der Waals surface area contributed by atoms with Gasteiger partial charge in [-0.15, -0.1) is 0 Å². The minimum atomic E-state index is -0.351. The Morgan fingerprint density at radius 1 is 1.47 bits per heavy atom. The van der Waals surface area contributed by atoms with Crippen LogP contribution in [0.25, 0.3) is 0 Å². The molecule has 1 aliphatic rings. The molecular formula is C14H20N2O3. The zero-order chi connectivity index (χ0) is 13.7. The second-order valence-electron chi connectivity index (χ2n) is 4.93. The predicted octanol–water partition coefficient (Wildman–Crippen LogP) is 1.37. The standard InChI is InChI=1S/C14H20N2O3/c1-10-8-13(17)12(9-16-10)14(18)15-6-7-19-11-4-2-3-5-11/h8-9,11H,2-7H2,1H3,(H,15,18)(H,16,17). The highest BCUT2D eigenvalue weighted by Gasteiger charge is 2.15. The minimum absolute atomic E-state index is 0.145. The van der Waals surface area contributed by atoms with Crippen LogP contribution in [0.2, 0.25) is 0 Å². The predicted molar refractivity (Wildman–Crippen MR) is 72.3 cm³/mol. The Balaban J connectivity index is 1.76. The highest BCUT2D eigenvalue weighted by molar-refractivity contribution is 5.93. The molecule has 0 saturated heterocycles. The van der Waals surface area contributed by atoms with Gasteiger partial charge < -0.3 is 15.0 Å². The molecule has 0 aliphatic heterocycles. The van der Waals surface area contributed by atoms with Crippen molar-refractivity contribution < 1.29 is 9.53 Å². The summed E-state index contributed by atoms with van der Waals surface area (Å²) in [7, 11) is 0. The van der Waals surface area contributed by atoms with Crippen molar-refractivity contribution in [2.24, 2.45) is 0 Å². The van der Waals surface area contributed by atoms with Crippen LogP contribution in [0, 0.1) is 6.92 Å². The van der Waals surface area contributed by atoms with E-state index in [4.69, 9.17) is 4.74 Å². The van der Waals surface area contributed by atoms with E-state index in [2.05, 4.69) is 10.3 Å². The van der Waals surface area contributed by atoms with Gasteiger partial charge >= 0.3 is 0 Å². The maximum absolute atomic E-state index is 11.8. The summed E-state index contributed by atoms with van der Waals surface area (Å²) in [6.07, 6.45) is 6.49. The zero-order valence-corrected chi connectivity index (χ0v) is 11.2. The van der Waals surface area contributed by atoms with Gasteiger partial charge in [0.15, 0.2) is 5.43 Å². The lowest BCUT2D eigenvalue weighted by Gasteiger charge is -2.11. The number of carbonyl (C=O) groups excluding carboxylic acids is 1. The molecule has 0 unspecified atom stereocenters. The molecule has 1 aliphatic carbocycles. The van der Waals surface area contributed by atoms with Gasteiger partial charge in [0.05, 0.1) is 12.7 Å². The zero-order valence-electron chi connectivity index (χ0n) is 11.2. The third kappa shape index (κ3) is 3.92. The number of rotatable bonds is 5. The third-order valence-electron chi connectivity index (χ3n) is 3.35. The fourth-order valence-electron chi connectivity index (χ4n) is 2.29. The number of amides is 1. The van der Waals surface area contributed by atoms with Gasteiger partial charge in [-0.05, 0) is 19.8 Å². The number of carbonyl (C=O) groups is 1. The summed E-state index contributed by atoms with van der Waals surface area (Å²) < 4.78 is 5.64. The fourth-order valence-corrected chi connectivity index (χ4v) is 2.29. The van der Waals surface area contributed by atoms with Crippen molar-refractivity contribution in [1.82, 2.24) is 10.3 Å². The molecule has 5 nitrogen and oxygen atoms in total. The maximum atomic E-state index is 11.8. The van der Waals surface area contributed by atoms with Gasteiger partial charge in [-0.3, -0.25) is 9.59 Å². The summed E-state index contributed by atoms with van der Waals surface area (Å²) in [5, 5.41) is 2.70. The normalized spacial score (nSPS) is 15.6. The molecule has 0 radical (unpaired) electrons. The van der Waals surface area contributed by atoms with Crippen molar-refractivity contribution in [3.05, 3.63) is 33.7 Å². The van der Waals surface area contributed by atoms with Gasteiger partial charge in [-0.25, -0.2) is 0 Å². The monoisotopic (exact) mass is 264 g/mol. The molecule has 5 heteroatoms. The molecule has 1 aromatic heterocycles. The molecule has 2 N–H and O–H groups in total. The third-order valence-corrected chi connectivity index (χ3v) is 3.35. The van der Waals surface area contributed by atoms with Crippen LogP contribution >= 0.6 is 0 Å². The van der Waals surface area contributed by atoms with Crippen molar-refractivity contribution in [3.8, 4) is 0 Å². The summed E-state index contributed by atoms with van der Waals surface area (Å²) in [6, 6.07) is 1.42. The molecule has 2 rings (SSSR count). The second-order valence-corrected chi connectivity index (χ2v) is 4.93. The van der Waals surface area contributed by atoms with Gasteiger partial charge in [0.25, 0.3) is 5.91 Å². The van der Waals surface area contributed by atoms with Crippen LogP contribution in [0.4, 0.5) is 0 Å². The smallest absolute Gasteiger partial charge is 0.256 e. The van der Waals surface area contributed by atoms with E-state index >= 15 is 0 Å². The highest BCUT2D eigenvalue weighted by Crippen LogP contribution is 2.20. The number of pyridine rings is 1. The van der Waals surface area contributed by atoms with Crippen molar-refractivity contribution >= 4 is 5.91 Å². The Labute approximate surface area is 112 Å². The largest absolute Gasteiger partial charge is 0.376 e. The van der Waals surface area contributed by atoms with Crippen LogP contribution in [0.3, 0.4) is 0 Å². The lowest BCUT2D eigenvalue weighted by Crippen LogP contribution is -2.32. The van der Waals surface area contributed by atoms with Crippen molar-refractivity contribution in [3.63, 3.8) is 0 Å². The Morgan fingerprint density at radius 2 is 2.21 bits per heavy atom. The van der Waals surface area contributed by atoms with Gasteiger partial charge in [-0.1, -0.05) is 12.8 Å². The number of hydrogen-bond donors (Lipinski definition) is 2. The summed E-state index contributed by atoms with van der Waals surface area (Å²) >= 11 is 0. The molecule has 19 heavy (non-hydrogen) atoms. The molecule has 1 aromatic rings. The van der Waals surface area contributed by atoms with Crippen LogP contribution in [0.1, 0.15) is 41.7 Å². The molecule has 104 valence electrons. The van der Waals surface area contributed by atoms with Crippen LogP contribution in [0.15, 0.2) is 17.1 Å². The first-order valence-corrected chi connectivity index (χ1v) is 6.76. The van der Waals surface area contributed by atoms with E-state index in [1.165, 1.54) is 25.1 Å². The quantitative estimate of drug-likeness (QED) is 0.789. The molecule has 1 fully saturated rings. The van der Waals surface area contributed by atoms with Crippen LogP contribution < -0.4 is 10.7 Å². The van der Waals surface area contributed by atoms with Gasteiger partial charge in [0.1, 0.15) is 5.56 Å². The Hall–Kier alpha value is -1.62.